The third kappa shape index (κ3) is 6.25. The van der Waals surface area contributed by atoms with Crippen LogP contribution in [0.2, 0.25) is 0 Å². The molecule has 1 saturated heterocycles. The number of aromatic nitrogens is 1. The van der Waals surface area contributed by atoms with Gasteiger partial charge in [-0.3, -0.25) is 5.32 Å². The van der Waals surface area contributed by atoms with E-state index in [0.717, 1.165) is 54.9 Å². The van der Waals surface area contributed by atoms with Gasteiger partial charge in [0.05, 0.1) is 18.2 Å². The predicted octanol–water partition coefficient (Wildman–Crippen LogP) is 6.14. The maximum absolute atomic E-state index is 13.3. The number of piperazine rings is 1. The van der Waals surface area contributed by atoms with Crippen molar-refractivity contribution in [2.45, 2.75) is 25.3 Å². The minimum Gasteiger partial charge on any atom is -0.496 e. The highest BCUT2D eigenvalue weighted by Gasteiger charge is 2.37. The van der Waals surface area contributed by atoms with Gasteiger partial charge in [-0.25, -0.2) is 9.78 Å². The number of pyridine rings is 1. The Morgan fingerprint density at radius 1 is 0.857 bits per heavy atom. The molecule has 0 aliphatic carbocycles. The summed E-state index contributed by atoms with van der Waals surface area (Å²) in [6, 6.07) is 7.57. The first-order valence-corrected chi connectivity index (χ1v) is 13.3. The van der Waals surface area contributed by atoms with E-state index in [1.54, 1.807) is 12.0 Å². The van der Waals surface area contributed by atoms with E-state index in [1.807, 2.05) is 12.1 Å². The van der Waals surface area contributed by atoms with Gasteiger partial charge in [-0.1, -0.05) is 0 Å². The van der Waals surface area contributed by atoms with Crippen molar-refractivity contribution in [2.75, 3.05) is 57.1 Å². The number of anilines is 2. The fourth-order valence-electron chi connectivity index (χ4n) is 5.28. The maximum atomic E-state index is 13.3. The molecule has 7 nitrogen and oxygen atoms in total. The number of ether oxygens (including phenoxy) is 1. The number of nitrogens with one attached hydrogen (secondary N) is 1. The summed E-state index contributed by atoms with van der Waals surface area (Å²) >= 11 is 0. The van der Waals surface area contributed by atoms with Gasteiger partial charge >= 0.3 is 18.4 Å². The number of methoxy groups -OCH3 is 1. The number of carbonyl (C=O) groups excluding carboxylic acids is 1. The number of fused-ring (bicyclic) bond motifs is 1. The molecule has 3 aromatic rings. The summed E-state index contributed by atoms with van der Waals surface area (Å²) < 4.78 is 85.2. The second-order valence-electron chi connectivity index (χ2n) is 10.4. The lowest BCUT2D eigenvalue weighted by atomic mass is 9.96. The lowest BCUT2D eigenvalue weighted by Crippen LogP contribution is -2.46. The second kappa shape index (κ2) is 11.3. The first kappa shape index (κ1) is 29.5. The molecule has 0 bridgehead atoms. The smallest absolute Gasteiger partial charge is 0.416 e. The van der Waals surface area contributed by atoms with Crippen molar-refractivity contribution in [3.8, 4) is 16.9 Å². The van der Waals surface area contributed by atoms with Crippen LogP contribution in [0.4, 0.5) is 42.6 Å². The largest absolute Gasteiger partial charge is 0.496 e. The zero-order chi connectivity index (χ0) is 30.2. The Balaban J connectivity index is 1.34. The zero-order valence-corrected chi connectivity index (χ0v) is 22.9. The van der Waals surface area contributed by atoms with Crippen molar-refractivity contribution in [3.63, 3.8) is 0 Å². The van der Waals surface area contributed by atoms with E-state index >= 15 is 0 Å². The standard InChI is InChI=1S/C29H29F6N5O2/c1-38-9-11-39(12-10-38)24-4-5-25(42-2)22-7-8-40(17-23(22)24)27(41)37-26-6-3-18(16-36-26)19-13-20(28(30,31)32)15-21(14-19)29(33,34)35/h3-6,13-16H,7-12,17H2,1-2H3,(H,36,37,41). The minimum absolute atomic E-state index is 0.0420. The molecule has 0 spiro atoms. The first-order valence-electron chi connectivity index (χ1n) is 13.3. The fourth-order valence-corrected chi connectivity index (χ4v) is 5.28. The molecule has 42 heavy (non-hydrogen) atoms. The molecule has 2 amide bonds. The third-order valence-corrected chi connectivity index (χ3v) is 7.61. The summed E-state index contributed by atoms with van der Waals surface area (Å²) in [6.07, 6.45) is -8.21. The molecule has 5 rings (SSSR count). The fraction of sp³-hybridized carbons (Fsp3) is 0.379. The van der Waals surface area contributed by atoms with Crippen LogP contribution in [0, 0.1) is 0 Å². The molecule has 2 aromatic carbocycles. The molecule has 0 saturated carbocycles. The van der Waals surface area contributed by atoms with E-state index in [2.05, 4.69) is 27.1 Å². The summed E-state index contributed by atoms with van der Waals surface area (Å²) in [6.45, 7) is 4.31. The van der Waals surface area contributed by atoms with Crippen LogP contribution in [0.3, 0.4) is 0 Å². The average Bonchev–Trinajstić information content (AvgIpc) is 2.96. The number of urea groups is 1. The zero-order valence-electron chi connectivity index (χ0n) is 22.9. The Hall–Kier alpha value is -4.00. The van der Waals surface area contributed by atoms with Crippen LogP contribution in [0.15, 0.2) is 48.7 Å². The van der Waals surface area contributed by atoms with Gasteiger partial charge in [0.25, 0.3) is 0 Å². The number of alkyl halides is 6. The highest BCUT2D eigenvalue weighted by atomic mass is 19.4. The Morgan fingerprint density at radius 3 is 2.10 bits per heavy atom. The lowest BCUT2D eigenvalue weighted by Gasteiger charge is -2.38. The van der Waals surface area contributed by atoms with Crippen LogP contribution in [-0.4, -0.2) is 67.7 Å². The van der Waals surface area contributed by atoms with Crippen LogP contribution < -0.4 is 15.0 Å². The van der Waals surface area contributed by atoms with Gasteiger partial charge < -0.3 is 19.4 Å². The molecule has 1 N–H and O–H groups in total. The van der Waals surface area contributed by atoms with Crippen molar-refractivity contribution >= 4 is 17.5 Å². The Labute approximate surface area is 238 Å². The van der Waals surface area contributed by atoms with Gasteiger partial charge in [-0.05, 0) is 61.5 Å². The Kier molecular flexibility index (Phi) is 7.97. The highest BCUT2D eigenvalue weighted by molar-refractivity contribution is 5.89. The number of hydrogen-bond donors (Lipinski definition) is 1. The van der Waals surface area contributed by atoms with E-state index in [4.69, 9.17) is 4.74 Å². The molecule has 0 unspecified atom stereocenters. The number of hydrogen-bond acceptors (Lipinski definition) is 5. The summed E-state index contributed by atoms with van der Waals surface area (Å²) in [5, 5.41) is 2.69. The van der Waals surface area contributed by atoms with Crippen molar-refractivity contribution in [2.24, 2.45) is 0 Å². The number of nitrogens with zero attached hydrogens (tertiary/aromatic N) is 4. The predicted molar refractivity (Wildman–Crippen MR) is 146 cm³/mol. The highest BCUT2D eigenvalue weighted by Crippen LogP contribution is 2.39. The van der Waals surface area contributed by atoms with Crippen molar-refractivity contribution < 1.29 is 35.9 Å². The normalized spacial score (nSPS) is 16.3. The van der Waals surface area contributed by atoms with E-state index in [1.165, 1.54) is 12.1 Å². The van der Waals surface area contributed by atoms with Crippen LogP contribution in [0.25, 0.3) is 11.1 Å². The van der Waals surface area contributed by atoms with Crippen molar-refractivity contribution in [1.29, 1.82) is 0 Å². The molecule has 13 heteroatoms. The molecule has 0 atom stereocenters. The van der Waals surface area contributed by atoms with Gasteiger partial charge in [-0.15, -0.1) is 0 Å². The van der Waals surface area contributed by atoms with Gasteiger partial charge in [0.1, 0.15) is 11.6 Å². The van der Waals surface area contributed by atoms with Crippen molar-refractivity contribution in [1.82, 2.24) is 14.8 Å². The molecule has 2 aliphatic rings. The van der Waals surface area contributed by atoms with Gasteiger partial charge in [0, 0.05) is 67.8 Å². The van der Waals surface area contributed by atoms with Gasteiger partial charge in [0.2, 0.25) is 0 Å². The lowest BCUT2D eigenvalue weighted by molar-refractivity contribution is -0.143. The molecule has 3 heterocycles. The molecule has 224 valence electrons. The number of halogens is 6. The van der Waals surface area contributed by atoms with Crippen molar-refractivity contribution in [3.05, 3.63) is 70.9 Å². The van der Waals surface area contributed by atoms with Crippen LogP contribution in [0.1, 0.15) is 22.3 Å². The quantitative estimate of drug-likeness (QED) is 0.369. The third-order valence-electron chi connectivity index (χ3n) is 7.61. The minimum atomic E-state index is -4.96. The molecule has 1 aromatic heterocycles. The monoisotopic (exact) mass is 593 g/mol. The molecular formula is C29H29F6N5O2. The Morgan fingerprint density at radius 2 is 1.52 bits per heavy atom. The molecular weight excluding hydrogens is 564 g/mol. The second-order valence-corrected chi connectivity index (χ2v) is 10.4. The SMILES string of the molecule is COc1ccc(N2CCN(C)CC2)c2c1CCN(C(=O)Nc1ccc(-c3cc(C(F)(F)F)cc(C(F)(F)F)c3)cn1)C2. The summed E-state index contributed by atoms with van der Waals surface area (Å²) in [7, 11) is 3.69. The number of carbonyl (C=O) groups is 1. The number of benzene rings is 2. The Bertz CT molecular complexity index is 1420. The van der Waals surface area contributed by atoms with E-state index < -0.39 is 29.5 Å². The number of rotatable bonds is 4. The van der Waals surface area contributed by atoms with Crippen LogP contribution in [-0.2, 0) is 25.3 Å². The molecule has 2 aliphatic heterocycles. The summed E-state index contributed by atoms with van der Waals surface area (Å²) in [5.41, 5.74) is 0.0397. The van der Waals surface area contributed by atoms with E-state index in [0.29, 0.717) is 31.6 Å². The summed E-state index contributed by atoms with van der Waals surface area (Å²) in [5.74, 6) is 0.881. The topological polar surface area (TPSA) is 60.9 Å². The first-order chi connectivity index (χ1) is 19.8. The number of likely N-dealkylation sites (N-methyl/N-ethyl adjacent to an activating group) is 1. The molecule has 0 radical (unpaired) electrons. The van der Waals surface area contributed by atoms with Crippen LogP contribution in [0.5, 0.6) is 5.75 Å². The van der Waals surface area contributed by atoms with E-state index in [-0.39, 0.29) is 23.0 Å². The van der Waals surface area contributed by atoms with E-state index in [9.17, 15) is 31.1 Å². The van der Waals surface area contributed by atoms with Crippen LogP contribution >= 0.6 is 0 Å². The van der Waals surface area contributed by atoms with Gasteiger partial charge in [-0.2, -0.15) is 26.3 Å². The summed E-state index contributed by atoms with van der Waals surface area (Å²) in [4.78, 5) is 23.5. The number of amides is 2. The van der Waals surface area contributed by atoms with Gasteiger partial charge in [0.15, 0.2) is 0 Å². The molecule has 1 fully saturated rings. The maximum Gasteiger partial charge on any atom is 0.416 e. The average molecular weight is 594 g/mol.